The Balaban J connectivity index is 2.19. The number of hydrogen-bond donors (Lipinski definition) is 0. The van der Waals surface area contributed by atoms with Crippen LogP contribution in [-0.4, -0.2) is 13.1 Å². The highest BCUT2D eigenvalue weighted by Gasteiger charge is 2.15. The monoisotopic (exact) mass is 238 g/mol. The fraction of sp³-hybridized carbons (Fsp3) is 0.615. The van der Waals surface area contributed by atoms with Crippen LogP contribution in [0.4, 0.5) is 0 Å². The fourth-order valence-corrected chi connectivity index (χ4v) is 3.39. The average Bonchev–Trinajstić information content (AvgIpc) is 2.72. The molecule has 1 heterocycles. The summed E-state index contributed by atoms with van der Waals surface area (Å²) < 4.78 is 4.77. The van der Waals surface area contributed by atoms with Gasteiger partial charge < -0.3 is 4.74 Å². The van der Waals surface area contributed by atoms with Crippen molar-refractivity contribution in [3.8, 4) is 0 Å². The van der Waals surface area contributed by atoms with Gasteiger partial charge in [-0.2, -0.15) is 0 Å². The summed E-state index contributed by atoms with van der Waals surface area (Å²) in [5.41, 5.74) is 1.38. The molecule has 0 spiro atoms. The minimum atomic E-state index is -0.186. The highest BCUT2D eigenvalue weighted by Crippen LogP contribution is 2.28. The first-order valence-electron chi connectivity index (χ1n) is 6.01. The summed E-state index contributed by atoms with van der Waals surface area (Å²) in [7, 11) is 1.45. The third-order valence-electron chi connectivity index (χ3n) is 3.13. The second-order valence-corrected chi connectivity index (χ2v) is 5.46. The van der Waals surface area contributed by atoms with Crippen LogP contribution in [-0.2, 0) is 17.6 Å². The van der Waals surface area contributed by atoms with Crippen LogP contribution < -0.4 is 0 Å². The highest BCUT2D eigenvalue weighted by molar-refractivity contribution is 7.14. The summed E-state index contributed by atoms with van der Waals surface area (Å²) in [6, 6.07) is 2.04. The van der Waals surface area contributed by atoms with Gasteiger partial charge in [-0.15, -0.1) is 11.3 Å². The molecule has 0 bridgehead atoms. The van der Waals surface area contributed by atoms with Gasteiger partial charge in [-0.05, 0) is 37.3 Å². The van der Waals surface area contributed by atoms with Crippen molar-refractivity contribution in [2.45, 2.75) is 44.9 Å². The van der Waals surface area contributed by atoms with E-state index in [2.05, 4.69) is 0 Å². The number of carbonyl (C=O) groups excluding carboxylic acids is 1. The van der Waals surface area contributed by atoms with Crippen LogP contribution in [0.5, 0.6) is 0 Å². The SMILES string of the molecule is COC(=O)c1cc2c(s1)CCCCCCC2. The lowest BCUT2D eigenvalue weighted by atomic mass is 10.1. The minimum absolute atomic E-state index is 0.186. The number of carbonyl (C=O) groups is 1. The van der Waals surface area contributed by atoms with Crippen LogP contribution in [0.1, 0.15) is 52.2 Å². The molecular formula is C13H18O2S. The van der Waals surface area contributed by atoms with Crippen LogP contribution in [0, 0.1) is 0 Å². The molecule has 0 aliphatic heterocycles. The number of rotatable bonds is 1. The molecule has 0 fully saturated rings. The molecule has 0 radical (unpaired) electrons. The molecule has 16 heavy (non-hydrogen) atoms. The van der Waals surface area contributed by atoms with Crippen LogP contribution in [0.3, 0.4) is 0 Å². The van der Waals surface area contributed by atoms with Gasteiger partial charge in [-0.25, -0.2) is 4.79 Å². The topological polar surface area (TPSA) is 26.3 Å². The largest absolute Gasteiger partial charge is 0.465 e. The molecule has 0 saturated heterocycles. The number of fused-ring (bicyclic) bond motifs is 1. The molecule has 0 amide bonds. The maximum absolute atomic E-state index is 11.5. The smallest absolute Gasteiger partial charge is 0.348 e. The average molecular weight is 238 g/mol. The van der Waals surface area contributed by atoms with E-state index in [1.54, 1.807) is 11.3 Å². The third kappa shape index (κ3) is 2.64. The number of thiophene rings is 1. The molecule has 1 aromatic rings. The number of hydrogen-bond acceptors (Lipinski definition) is 3. The Hall–Kier alpha value is -0.830. The van der Waals surface area contributed by atoms with Gasteiger partial charge in [0, 0.05) is 4.88 Å². The van der Waals surface area contributed by atoms with E-state index in [-0.39, 0.29) is 5.97 Å². The fourth-order valence-electron chi connectivity index (χ4n) is 2.22. The summed E-state index contributed by atoms with van der Waals surface area (Å²) in [5, 5.41) is 0. The summed E-state index contributed by atoms with van der Waals surface area (Å²) in [5.74, 6) is -0.186. The molecule has 88 valence electrons. The van der Waals surface area contributed by atoms with Gasteiger partial charge in [0.15, 0.2) is 0 Å². The maximum Gasteiger partial charge on any atom is 0.348 e. The summed E-state index contributed by atoms with van der Waals surface area (Å²) in [4.78, 5) is 13.6. The summed E-state index contributed by atoms with van der Waals surface area (Å²) in [6.07, 6.45) is 8.78. The van der Waals surface area contributed by atoms with E-state index in [1.165, 1.54) is 49.7 Å². The lowest BCUT2D eigenvalue weighted by Gasteiger charge is -1.98. The maximum atomic E-state index is 11.5. The molecule has 1 aliphatic rings. The van der Waals surface area contributed by atoms with E-state index >= 15 is 0 Å². The Morgan fingerprint density at radius 2 is 1.88 bits per heavy atom. The molecule has 2 nitrogen and oxygen atoms in total. The highest BCUT2D eigenvalue weighted by atomic mass is 32.1. The molecule has 1 aliphatic carbocycles. The Morgan fingerprint density at radius 3 is 2.62 bits per heavy atom. The number of esters is 1. The predicted molar refractivity (Wildman–Crippen MR) is 66.2 cm³/mol. The first-order chi connectivity index (χ1) is 7.81. The van der Waals surface area contributed by atoms with Crippen LogP contribution in [0.2, 0.25) is 0 Å². The van der Waals surface area contributed by atoms with E-state index in [0.29, 0.717) is 0 Å². The lowest BCUT2D eigenvalue weighted by molar-refractivity contribution is 0.0606. The van der Waals surface area contributed by atoms with Gasteiger partial charge in [-0.3, -0.25) is 0 Å². The number of methoxy groups -OCH3 is 1. The van der Waals surface area contributed by atoms with E-state index in [4.69, 9.17) is 4.74 Å². The van der Waals surface area contributed by atoms with Crippen LogP contribution >= 0.6 is 11.3 Å². The van der Waals surface area contributed by atoms with Crippen molar-refractivity contribution in [1.82, 2.24) is 0 Å². The van der Waals surface area contributed by atoms with Gasteiger partial charge in [0.2, 0.25) is 0 Å². The van der Waals surface area contributed by atoms with E-state index < -0.39 is 0 Å². The molecule has 0 N–H and O–H groups in total. The molecule has 0 atom stereocenters. The van der Waals surface area contributed by atoms with Gasteiger partial charge in [0.05, 0.1) is 7.11 Å². The van der Waals surface area contributed by atoms with E-state index in [0.717, 1.165) is 17.7 Å². The van der Waals surface area contributed by atoms with Crippen molar-refractivity contribution in [2.24, 2.45) is 0 Å². The molecule has 0 saturated carbocycles. The van der Waals surface area contributed by atoms with Crippen LogP contribution in [0.25, 0.3) is 0 Å². The predicted octanol–water partition coefficient (Wildman–Crippen LogP) is 3.58. The van der Waals surface area contributed by atoms with Crippen molar-refractivity contribution in [3.63, 3.8) is 0 Å². The zero-order valence-electron chi connectivity index (χ0n) is 9.75. The molecule has 1 aromatic heterocycles. The third-order valence-corrected chi connectivity index (χ3v) is 4.35. The van der Waals surface area contributed by atoms with Gasteiger partial charge in [-0.1, -0.05) is 19.3 Å². The Kier molecular flexibility index (Phi) is 3.99. The standard InChI is InChI=1S/C13H18O2S/c1-15-13(14)12-9-10-7-5-3-2-4-6-8-11(10)16-12/h9H,2-8H2,1H3. The zero-order chi connectivity index (χ0) is 11.4. The lowest BCUT2D eigenvalue weighted by Crippen LogP contribution is -1.97. The van der Waals surface area contributed by atoms with Crippen molar-refractivity contribution >= 4 is 17.3 Å². The first-order valence-corrected chi connectivity index (χ1v) is 6.83. The number of ether oxygens (including phenoxy) is 1. The van der Waals surface area contributed by atoms with Crippen molar-refractivity contribution < 1.29 is 9.53 Å². The Labute approximate surface area is 101 Å². The van der Waals surface area contributed by atoms with E-state index in [1.807, 2.05) is 6.07 Å². The quantitative estimate of drug-likeness (QED) is 0.699. The van der Waals surface area contributed by atoms with Crippen molar-refractivity contribution in [2.75, 3.05) is 7.11 Å². The van der Waals surface area contributed by atoms with Gasteiger partial charge in [0.25, 0.3) is 0 Å². The molecule has 0 unspecified atom stereocenters. The molecule has 2 rings (SSSR count). The first kappa shape index (κ1) is 11.6. The molecule has 3 heteroatoms. The summed E-state index contributed by atoms with van der Waals surface area (Å²) in [6.45, 7) is 0. The normalized spacial score (nSPS) is 16.8. The van der Waals surface area contributed by atoms with Gasteiger partial charge >= 0.3 is 5.97 Å². The molecule has 0 aromatic carbocycles. The minimum Gasteiger partial charge on any atom is -0.465 e. The second kappa shape index (κ2) is 5.48. The van der Waals surface area contributed by atoms with Crippen molar-refractivity contribution in [1.29, 1.82) is 0 Å². The van der Waals surface area contributed by atoms with Crippen molar-refractivity contribution in [3.05, 3.63) is 21.4 Å². The second-order valence-electron chi connectivity index (χ2n) is 4.32. The molecular weight excluding hydrogens is 220 g/mol. The van der Waals surface area contributed by atoms with Gasteiger partial charge in [0.1, 0.15) is 4.88 Å². The Bertz CT molecular complexity index is 343. The number of aryl methyl sites for hydroxylation is 2. The zero-order valence-corrected chi connectivity index (χ0v) is 10.6. The summed E-state index contributed by atoms with van der Waals surface area (Å²) >= 11 is 1.63. The van der Waals surface area contributed by atoms with Crippen LogP contribution in [0.15, 0.2) is 6.07 Å². The Morgan fingerprint density at radius 1 is 1.19 bits per heavy atom. The van der Waals surface area contributed by atoms with E-state index in [9.17, 15) is 4.79 Å².